The van der Waals surface area contributed by atoms with Crippen molar-refractivity contribution in [2.24, 2.45) is 0 Å². The van der Waals surface area contributed by atoms with Gasteiger partial charge < -0.3 is 4.98 Å². The van der Waals surface area contributed by atoms with Gasteiger partial charge in [0.05, 0.1) is 11.6 Å². The number of fused-ring (bicyclic) bond motifs is 1. The maximum absolute atomic E-state index is 12.7. The van der Waals surface area contributed by atoms with E-state index in [-0.39, 0.29) is 10.8 Å². The van der Waals surface area contributed by atoms with Crippen molar-refractivity contribution < 1.29 is 8.42 Å². The predicted octanol–water partition coefficient (Wildman–Crippen LogP) is 2.90. The summed E-state index contributed by atoms with van der Waals surface area (Å²) >= 11 is 5.72. The fraction of sp³-hybridized carbons (Fsp3) is 0.286. The van der Waals surface area contributed by atoms with Crippen molar-refractivity contribution in [3.05, 3.63) is 47.8 Å². The van der Waals surface area contributed by atoms with E-state index in [9.17, 15) is 8.42 Å². The van der Waals surface area contributed by atoms with Gasteiger partial charge in [-0.05, 0) is 30.5 Å². The van der Waals surface area contributed by atoms with E-state index in [1.54, 1.807) is 6.07 Å². The second kappa shape index (κ2) is 5.14. The highest BCUT2D eigenvalue weighted by Gasteiger charge is 2.29. The molecule has 0 saturated carbocycles. The van der Waals surface area contributed by atoms with Crippen LogP contribution in [0.25, 0.3) is 0 Å². The van der Waals surface area contributed by atoms with E-state index in [0.29, 0.717) is 12.2 Å². The van der Waals surface area contributed by atoms with Crippen LogP contribution >= 0.6 is 11.6 Å². The maximum Gasteiger partial charge on any atom is 0.265 e. The van der Waals surface area contributed by atoms with Crippen LogP contribution in [0.3, 0.4) is 0 Å². The molecule has 1 aliphatic rings. The highest BCUT2D eigenvalue weighted by Crippen LogP contribution is 2.31. The monoisotopic (exact) mass is 310 g/mol. The molecule has 1 aromatic carbocycles. The minimum atomic E-state index is -3.52. The molecule has 0 amide bonds. The second-order valence-corrected chi connectivity index (χ2v) is 6.93. The molecule has 3 rings (SSSR count). The van der Waals surface area contributed by atoms with Crippen LogP contribution in [0.2, 0.25) is 0 Å². The number of nitrogens with one attached hydrogen (secondary N) is 1. The first-order valence-corrected chi connectivity index (χ1v) is 8.44. The van der Waals surface area contributed by atoms with Gasteiger partial charge in [-0.2, -0.15) is 0 Å². The summed E-state index contributed by atoms with van der Waals surface area (Å²) in [6, 6.07) is 9.25. The van der Waals surface area contributed by atoms with Crippen molar-refractivity contribution >= 4 is 27.3 Å². The van der Waals surface area contributed by atoms with E-state index >= 15 is 0 Å². The molecular weight excluding hydrogens is 296 g/mol. The lowest BCUT2D eigenvalue weighted by Crippen LogP contribution is -2.35. The zero-order valence-electron chi connectivity index (χ0n) is 10.8. The Balaban J connectivity index is 2.04. The molecule has 0 unspecified atom stereocenters. The van der Waals surface area contributed by atoms with Gasteiger partial charge in [-0.25, -0.2) is 8.42 Å². The largest absolute Gasteiger partial charge is 0.363 e. The van der Waals surface area contributed by atoms with Crippen LogP contribution in [-0.4, -0.2) is 19.9 Å². The van der Waals surface area contributed by atoms with Crippen LogP contribution in [0.1, 0.15) is 17.7 Å². The van der Waals surface area contributed by atoms with Crippen molar-refractivity contribution in [3.63, 3.8) is 0 Å². The third-order valence-corrected chi connectivity index (χ3v) is 5.59. The van der Waals surface area contributed by atoms with Gasteiger partial charge in [-0.3, -0.25) is 4.31 Å². The minimum Gasteiger partial charge on any atom is -0.363 e. The van der Waals surface area contributed by atoms with Gasteiger partial charge in [-0.15, -0.1) is 11.6 Å². The highest BCUT2D eigenvalue weighted by atomic mass is 35.5. The van der Waals surface area contributed by atoms with Gasteiger partial charge in [0, 0.05) is 18.4 Å². The molecule has 106 valence electrons. The van der Waals surface area contributed by atoms with Crippen molar-refractivity contribution in [1.82, 2.24) is 4.98 Å². The van der Waals surface area contributed by atoms with E-state index < -0.39 is 10.0 Å². The molecule has 0 bridgehead atoms. The van der Waals surface area contributed by atoms with Crippen molar-refractivity contribution in [3.8, 4) is 0 Å². The Morgan fingerprint density at radius 3 is 2.85 bits per heavy atom. The van der Waals surface area contributed by atoms with Crippen LogP contribution < -0.4 is 4.31 Å². The number of benzene rings is 1. The summed E-state index contributed by atoms with van der Waals surface area (Å²) in [5.74, 6) is 0.270. The molecule has 6 heteroatoms. The maximum atomic E-state index is 12.7. The lowest BCUT2D eigenvalue weighted by atomic mass is 10.0. The molecule has 0 aliphatic carbocycles. The fourth-order valence-corrected chi connectivity index (χ4v) is 4.24. The molecule has 0 fully saturated rings. The lowest BCUT2D eigenvalue weighted by Gasteiger charge is -2.30. The van der Waals surface area contributed by atoms with Gasteiger partial charge in [0.25, 0.3) is 10.0 Å². The number of anilines is 1. The van der Waals surface area contributed by atoms with E-state index in [0.717, 1.165) is 24.1 Å². The van der Waals surface area contributed by atoms with Crippen molar-refractivity contribution in [2.75, 3.05) is 10.8 Å². The SMILES string of the molecule is O=S(=O)(c1c[nH]c(CCl)c1)N1CCCc2ccccc21. The van der Waals surface area contributed by atoms with E-state index in [4.69, 9.17) is 11.6 Å². The topological polar surface area (TPSA) is 53.2 Å². The number of aromatic nitrogens is 1. The number of hydrogen-bond acceptors (Lipinski definition) is 2. The number of halogens is 1. The summed E-state index contributed by atoms with van der Waals surface area (Å²) in [7, 11) is -3.52. The summed E-state index contributed by atoms with van der Waals surface area (Å²) in [6.45, 7) is 0.515. The second-order valence-electron chi connectivity index (χ2n) is 4.80. The van der Waals surface area contributed by atoms with E-state index in [1.165, 1.54) is 10.5 Å². The first-order chi connectivity index (χ1) is 9.63. The molecule has 1 aromatic heterocycles. The van der Waals surface area contributed by atoms with Crippen LogP contribution in [0.5, 0.6) is 0 Å². The first-order valence-electron chi connectivity index (χ1n) is 6.47. The van der Waals surface area contributed by atoms with Crippen LogP contribution in [-0.2, 0) is 22.3 Å². The van der Waals surface area contributed by atoms with Crippen LogP contribution in [0.4, 0.5) is 5.69 Å². The van der Waals surface area contributed by atoms with Gasteiger partial charge in [-0.1, -0.05) is 18.2 Å². The third kappa shape index (κ3) is 2.21. The average molecular weight is 311 g/mol. The molecule has 4 nitrogen and oxygen atoms in total. The number of H-pyrrole nitrogens is 1. The van der Waals surface area contributed by atoms with Gasteiger partial charge >= 0.3 is 0 Å². The molecule has 0 saturated heterocycles. The smallest absolute Gasteiger partial charge is 0.265 e. The minimum absolute atomic E-state index is 0.268. The Bertz CT molecular complexity index is 724. The number of alkyl halides is 1. The number of rotatable bonds is 3. The number of sulfonamides is 1. The molecule has 1 N–H and O–H groups in total. The summed E-state index contributed by atoms with van der Waals surface area (Å²) in [4.78, 5) is 3.16. The van der Waals surface area contributed by atoms with Crippen LogP contribution in [0.15, 0.2) is 41.4 Å². The lowest BCUT2D eigenvalue weighted by molar-refractivity contribution is 0.586. The quantitative estimate of drug-likeness (QED) is 0.886. The standard InChI is InChI=1S/C14H15ClN2O2S/c15-9-12-8-13(10-16-12)20(18,19)17-7-3-5-11-4-1-2-6-14(11)17/h1-2,4,6,8,10,16H,3,5,7,9H2. The number of para-hydroxylation sites is 1. The molecule has 20 heavy (non-hydrogen) atoms. The zero-order chi connectivity index (χ0) is 14.2. The Kier molecular flexibility index (Phi) is 3.48. The highest BCUT2D eigenvalue weighted by molar-refractivity contribution is 7.92. The van der Waals surface area contributed by atoms with Gasteiger partial charge in [0.1, 0.15) is 4.90 Å². The zero-order valence-corrected chi connectivity index (χ0v) is 12.4. The number of nitrogens with zero attached hydrogens (tertiary/aromatic N) is 1. The van der Waals surface area contributed by atoms with E-state index in [1.807, 2.05) is 24.3 Å². The molecule has 0 atom stereocenters. The molecular formula is C14H15ClN2O2S. The predicted molar refractivity (Wildman–Crippen MR) is 79.6 cm³/mol. The van der Waals surface area contributed by atoms with Gasteiger partial charge in [0.2, 0.25) is 0 Å². The Morgan fingerprint density at radius 2 is 2.10 bits per heavy atom. The molecule has 2 aromatic rings. The number of aromatic amines is 1. The van der Waals surface area contributed by atoms with Crippen molar-refractivity contribution in [1.29, 1.82) is 0 Å². The normalized spacial score (nSPS) is 15.2. The molecule has 2 heterocycles. The average Bonchev–Trinajstić information content (AvgIpc) is 2.96. The summed E-state index contributed by atoms with van der Waals surface area (Å²) in [5.41, 5.74) is 2.57. The number of hydrogen-bond donors (Lipinski definition) is 1. The molecule has 0 radical (unpaired) electrons. The Hall–Kier alpha value is -1.46. The summed E-state index contributed by atoms with van der Waals surface area (Å²) < 4.78 is 27.0. The summed E-state index contributed by atoms with van der Waals surface area (Å²) in [5, 5.41) is 0. The van der Waals surface area contributed by atoms with E-state index in [2.05, 4.69) is 4.98 Å². The van der Waals surface area contributed by atoms with Crippen molar-refractivity contribution in [2.45, 2.75) is 23.6 Å². The fourth-order valence-electron chi connectivity index (χ4n) is 2.52. The first kappa shape index (κ1) is 13.5. The molecule has 0 spiro atoms. The Labute approximate surface area is 123 Å². The van der Waals surface area contributed by atoms with Crippen LogP contribution in [0, 0.1) is 0 Å². The molecule has 1 aliphatic heterocycles. The summed E-state index contributed by atoms with van der Waals surface area (Å²) in [6.07, 6.45) is 3.26. The number of aryl methyl sites for hydroxylation is 1. The third-order valence-electron chi connectivity index (χ3n) is 3.52. The van der Waals surface area contributed by atoms with Gasteiger partial charge in [0.15, 0.2) is 0 Å². The Morgan fingerprint density at radius 1 is 1.30 bits per heavy atom.